The van der Waals surface area contributed by atoms with Gasteiger partial charge in [0.2, 0.25) is 11.8 Å². The lowest BCUT2D eigenvalue weighted by Crippen LogP contribution is -2.50. The molecule has 3 rings (SSSR count). The fourth-order valence-electron chi connectivity index (χ4n) is 3.67. The first-order valence-corrected chi connectivity index (χ1v) is 13.3. The van der Waals surface area contributed by atoms with Crippen LogP contribution in [0.25, 0.3) is 0 Å². The summed E-state index contributed by atoms with van der Waals surface area (Å²) in [4.78, 5) is 27.6. The topological polar surface area (TPSA) is 86.8 Å². The lowest BCUT2D eigenvalue weighted by Gasteiger charge is -2.32. The maximum absolute atomic E-state index is 13.7. The van der Waals surface area contributed by atoms with E-state index in [9.17, 15) is 18.0 Å². The minimum atomic E-state index is -4.21. The summed E-state index contributed by atoms with van der Waals surface area (Å²) < 4.78 is 28.3. The van der Waals surface area contributed by atoms with Crippen molar-refractivity contribution >= 4 is 50.7 Å². The van der Waals surface area contributed by atoms with Crippen LogP contribution in [0.2, 0.25) is 10.0 Å². The third-order valence-electron chi connectivity index (χ3n) is 5.80. The van der Waals surface area contributed by atoms with Gasteiger partial charge in [-0.15, -0.1) is 0 Å². The number of halogens is 2. The van der Waals surface area contributed by atoms with Gasteiger partial charge in [0, 0.05) is 18.6 Å². The van der Waals surface area contributed by atoms with Crippen LogP contribution in [-0.4, -0.2) is 44.8 Å². The van der Waals surface area contributed by atoms with Crippen molar-refractivity contribution in [1.29, 1.82) is 0 Å². The number of aryl methyl sites for hydroxylation is 1. The highest BCUT2D eigenvalue weighted by atomic mass is 35.5. The number of likely N-dealkylation sites (N-methyl/N-ethyl adjacent to an activating group) is 1. The minimum absolute atomic E-state index is 0.0151. The summed E-state index contributed by atoms with van der Waals surface area (Å²) in [5, 5.41) is 2.92. The zero-order valence-corrected chi connectivity index (χ0v) is 22.4. The summed E-state index contributed by atoms with van der Waals surface area (Å²) in [5.74, 6) is -0.958. The van der Waals surface area contributed by atoms with Gasteiger partial charge in [0.05, 0.1) is 15.6 Å². The van der Waals surface area contributed by atoms with Crippen LogP contribution in [0.1, 0.15) is 18.1 Å². The van der Waals surface area contributed by atoms with Gasteiger partial charge in [0.15, 0.2) is 0 Å². The summed E-state index contributed by atoms with van der Waals surface area (Å²) in [6.45, 7) is 3.02. The number of hydrogen-bond donors (Lipinski definition) is 1. The number of benzene rings is 3. The molecule has 190 valence electrons. The molecule has 1 atom stereocenters. The molecule has 1 N–H and O–H groups in total. The van der Waals surface area contributed by atoms with Crippen molar-refractivity contribution in [2.75, 3.05) is 17.9 Å². The van der Waals surface area contributed by atoms with Gasteiger partial charge in [0.1, 0.15) is 12.6 Å². The SMILES string of the molecule is CNC(=O)C(C)N(Cc1ccccc1C)C(=O)CN(c1cc(Cl)ccc1Cl)S(=O)(=O)c1ccccc1. The number of amides is 2. The number of sulfonamides is 1. The Balaban J connectivity index is 2.08. The zero-order chi connectivity index (χ0) is 26.5. The first kappa shape index (κ1) is 27.5. The van der Waals surface area contributed by atoms with E-state index >= 15 is 0 Å². The van der Waals surface area contributed by atoms with Crippen molar-refractivity contribution in [3.63, 3.8) is 0 Å². The highest BCUT2D eigenvalue weighted by molar-refractivity contribution is 7.92. The van der Waals surface area contributed by atoms with Crippen molar-refractivity contribution < 1.29 is 18.0 Å². The normalized spacial score (nSPS) is 12.0. The maximum Gasteiger partial charge on any atom is 0.264 e. The molecule has 0 spiro atoms. The Bertz CT molecular complexity index is 1350. The summed E-state index contributed by atoms with van der Waals surface area (Å²) in [7, 11) is -2.73. The molecule has 2 amide bonds. The van der Waals surface area contributed by atoms with Crippen molar-refractivity contribution in [2.24, 2.45) is 0 Å². The van der Waals surface area contributed by atoms with Crippen LogP contribution in [0.5, 0.6) is 0 Å². The van der Waals surface area contributed by atoms with Crippen LogP contribution in [0.4, 0.5) is 5.69 Å². The van der Waals surface area contributed by atoms with Gasteiger partial charge in [-0.2, -0.15) is 0 Å². The van der Waals surface area contributed by atoms with Gasteiger partial charge in [-0.1, -0.05) is 65.7 Å². The largest absolute Gasteiger partial charge is 0.357 e. The molecular weight excluding hydrogens is 521 g/mol. The van der Waals surface area contributed by atoms with E-state index in [2.05, 4.69) is 5.32 Å². The molecule has 3 aromatic rings. The molecule has 0 radical (unpaired) electrons. The van der Waals surface area contributed by atoms with Crippen molar-refractivity contribution in [3.8, 4) is 0 Å². The average Bonchev–Trinajstić information content (AvgIpc) is 2.87. The van der Waals surface area contributed by atoms with Gasteiger partial charge in [0.25, 0.3) is 10.0 Å². The molecule has 0 aliphatic heterocycles. The molecule has 36 heavy (non-hydrogen) atoms. The van der Waals surface area contributed by atoms with Crippen LogP contribution in [0.3, 0.4) is 0 Å². The maximum atomic E-state index is 13.7. The van der Waals surface area contributed by atoms with E-state index in [1.807, 2.05) is 31.2 Å². The first-order valence-electron chi connectivity index (χ1n) is 11.1. The number of carbonyl (C=O) groups excluding carboxylic acids is 2. The fraction of sp³-hybridized carbons (Fsp3) is 0.231. The van der Waals surface area contributed by atoms with E-state index < -0.39 is 28.5 Å². The van der Waals surface area contributed by atoms with Crippen molar-refractivity contribution in [3.05, 3.63) is 94.0 Å². The van der Waals surface area contributed by atoms with Crippen LogP contribution >= 0.6 is 23.2 Å². The molecule has 3 aromatic carbocycles. The van der Waals surface area contributed by atoms with E-state index in [1.165, 1.54) is 42.3 Å². The van der Waals surface area contributed by atoms with E-state index in [-0.39, 0.29) is 33.1 Å². The predicted octanol–water partition coefficient (Wildman–Crippen LogP) is 4.66. The van der Waals surface area contributed by atoms with Crippen LogP contribution in [0.15, 0.2) is 77.7 Å². The number of anilines is 1. The van der Waals surface area contributed by atoms with E-state index in [4.69, 9.17) is 23.2 Å². The Morgan fingerprint density at radius 2 is 1.61 bits per heavy atom. The van der Waals surface area contributed by atoms with E-state index in [0.717, 1.165) is 15.4 Å². The minimum Gasteiger partial charge on any atom is -0.357 e. The Morgan fingerprint density at radius 1 is 0.972 bits per heavy atom. The second kappa shape index (κ2) is 11.8. The Labute approximate surface area is 221 Å². The molecule has 0 aliphatic rings. The van der Waals surface area contributed by atoms with Gasteiger partial charge < -0.3 is 10.2 Å². The monoisotopic (exact) mass is 547 g/mol. The van der Waals surface area contributed by atoms with Crippen LogP contribution in [-0.2, 0) is 26.2 Å². The Hall–Kier alpha value is -3.07. The molecule has 0 saturated carbocycles. The van der Waals surface area contributed by atoms with Crippen LogP contribution < -0.4 is 9.62 Å². The highest BCUT2D eigenvalue weighted by Crippen LogP contribution is 2.33. The van der Waals surface area contributed by atoms with Gasteiger partial charge in [-0.3, -0.25) is 13.9 Å². The third kappa shape index (κ3) is 6.19. The lowest BCUT2D eigenvalue weighted by atomic mass is 10.1. The number of carbonyl (C=O) groups is 2. The van der Waals surface area contributed by atoms with Gasteiger partial charge in [-0.05, 0) is 55.3 Å². The van der Waals surface area contributed by atoms with Crippen LogP contribution in [0, 0.1) is 6.92 Å². The molecule has 0 aliphatic carbocycles. The first-order chi connectivity index (χ1) is 17.1. The predicted molar refractivity (Wildman–Crippen MR) is 143 cm³/mol. The summed E-state index contributed by atoms with van der Waals surface area (Å²) in [5.41, 5.74) is 1.83. The molecule has 0 heterocycles. The zero-order valence-electron chi connectivity index (χ0n) is 20.1. The van der Waals surface area contributed by atoms with Gasteiger partial charge >= 0.3 is 0 Å². The Morgan fingerprint density at radius 3 is 2.25 bits per heavy atom. The van der Waals surface area contributed by atoms with E-state index in [0.29, 0.717) is 0 Å². The molecule has 10 heteroatoms. The lowest BCUT2D eigenvalue weighted by molar-refractivity contribution is -0.139. The average molecular weight is 548 g/mol. The summed E-state index contributed by atoms with van der Waals surface area (Å²) in [6, 6.07) is 18.7. The number of nitrogens with zero attached hydrogens (tertiary/aromatic N) is 2. The quantitative estimate of drug-likeness (QED) is 0.422. The van der Waals surface area contributed by atoms with Gasteiger partial charge in [-0.25, -0.2) is 8.42 Å². The molecule has 0 aromatic heterocycles. The molecule has 7 nitrogen and oxygen atoms in total. The standard InChI is InChI=1S/C26H27Cl2N3O4S/c1-18-9-7-8-10-20(18)16-30(19(2)26(33)29-3)25(32)17-31(24-15-21(27)13-14-23(24)28)36(34,35)22-11-5-4-6-12-22/h4-15,19H,16-17H2,1-3H3,(H,29,33). The fourth-order valence-corrected chi connectivity index (χ4v) is 5.55. The summed E-state index contributed by atoms with van der Waals surface area (Å²) >= 11 is 12.5. The molecule has 1 unspecified atom stereocenters. The second-order valence-electron chi connectivity index (χ2n) is 8.16. The second-order valence-corrected chi connectivity index (χ2v) is 10.9. The Kier molecular flexibility index (Phi) is 9.00. The molecule has 0 fully saturated rings. The van der Waals surface area contributed by atoms with Crippen molar-refractivity contribution in [1.82, 2.24) is 10.2 Å². The van der Waals surface area contributed by atoms with Crippen molar-refractivity contribution in [2.45, 2.75) is 31.3 Å². The molecular formula is C26H27Cl2N3O4S. The highest BCUT2D eigenvalue weighted by Gasteiger charge is 2.33. The smallest absolute Gasteiger partial charge is 0.264 e. The number of rotatable bonds is 9. The summed E-state index contributed by atoms with van der Waals surface area (Å²) in [6.07, 6.45) is 0. The van der Waals surface area contributed by atoms with E-state index in [1.54, 1.807) is 25.1 Å². The third-order valence-corrected chi connectivity index (χ3v) is 8.13. The number of nitrogens with one attached hydrogen (secondary N) is 1. The molecule has 0 bridgehead atoms. The number of hydrogen-bond acceptors (Lipinski definition) is 4. The molecule has 0 saturated heterocycles.